The second-order valence-corrected chi connectivity index (χ2v) is 7.11. The summed E-state index contributed by atoms with van der Waals surface area (Å²) < 4.78 is 11.9. The zero-order valence-electron chi connectivity index (χ0n) is 14.8. The van der Waals surface area contributed by atoms with Crippen molar-refractivity contribution in [1.82, 2.24) is 0 Å². The predicted molar refractivity (Wildman–Crippen MR) is 106 cm³/mol. The summed E-state index contributed by atoms with van der Waals surface area (Å²) in [7, 11) is 0. The van der Waals surface area contributed by atoms with Crippen LogP contribution in [-0.2, 0) is 14.3 Å². The van der Waals surface area contributed by atoms with E-state index < -0.39 is 11.9 Å². The van der Waals surface area contributed by atoms with Crippen molar-refractivity contribution in [3.8, 4) is 5.75 Å². The monoisotopic (exact) mass is 382 g/mol. The lowest BCUT2D eigenvalue weighted by Gasteiger charge is -2.08. The topological polar surface area (TPSA) is 69.7 Å². The van der Waals surface area contributed by atoms with Gasteiger partial charge >= 0.3 is 11.9 Å². The van der Waals surface area contributed by atoms with Gasteiger partial charge in [0.1, 0.15) is 5.75 Å². The summed E-state index contributed by atoms with van der Waals surface area (Å²) >= 11 is 1.41. The molecule has 0 aliphatic heterocycles. The van der Waals surface area contributed by atoms with Crippen LogP contribution in [0, 0.1) is 0 Å². The molecule has 0 fully saturated rings. The van der Waals surface area contributed by atoms with Gasteiger partial charge in [0.05, 0.1) is 11.3 Å². The molecule has 0 unspecified atom stereocenters. The minimum absolute atomic E-state index is 0.0797. The van der Waals surface area contributed by atoms with Gasteiger partial charge in [-0.1, -0.05) is 24.8 Å². The first-order chi connectivity index (χ1) is 13.0. The summed E-state index contributed by atoms with van der Waals surface area (Å²) in [5, 5.41) is 1.18. The fourth-order valence-electron chi connectivity index (χ4n) is 2.56. The molecular weight excluding hydrogens is 364 g/mol. The SMILES string of the molecule is C=C(C)C(=O)OCCCC(=O)Oc1cccc2c(=O)c3ccccc3sc12. The van der Waals surface area contributed by atoms with Gasteiger partial charge in [-0.2, -0.15) is 0 Å². The Morgan fingerprint density at radius 3 is 2.59 bits per heavy atom. The molecule has 0 aliphatic carbocycles. The summed E-state index contributed by atoms with van der Waals surface area (Å²) in [6, 6.07) is 12.5. The zero-order chi connectivity index (χ0) is 19.4. The molecule has 0 spiro atoms. The van der Waals surface area contributed by atoms with E-state index in [4.69, 9.17) is 9.47 Å². The van der Waals surface area contributed by atoms with E-state index in [0.29, 0.717) is 33.2 Å². The van der Waals surface area contributed by atoms with Gasteiger partial charge in [-0.25, -0.2) is 4.79 Å². The van der Waals surface area contributed by atoms with Gasteiger partial charge in [0.15, 0.2) is 5.43 Å². The molecule has 0 radical (unpaired) electrons. The Labute approximate surface area is 159 Å². The van der Waals surface area contributed by atoms with Gasteiger partial charge in [0, 0.05) is 27.5 Å². The maximum absolute atomic E-state index is 12.7. The minimum atomic E-state index is -0.478. The molecule has 6 heteroatoms. The van der Waals surface area contributed by atoms with E-state index in [1.807, 2.05) is 18.2 Å². The number of hydrogen-bond donors (Lipinski definition) is 0. The first-order valence-electron chi connectivity index (χ1n) is 8.45. The molecule has 3 rings (SSSR count). The molecular formula is C21H18O5S. The molecule has 0 saturated heterocycles. The van der Waals surface area contributed by atoms with Crippen molar-refractivity contribution in [2.75, 3.05) is 6.61 Å². The summed E-state index contributed by atoms with van der Waals surface area (Å²) in [5.74, 6) is -0.556. The van der Waals surface area contributed by atoms with E-state index in [1.165, 1.54) is 11.3 Å². The van der Waals surface area contributed by atoms with Crippen LogP contribution in [0.15, 0.2) is 59.4 Å². The third kappa shape index (κ3) is 4.23. The molecule has 1 aromatic heterocycles. The van der Waals surface area contributed by atoms with E-state index >= 15 is 0 Å². The van der Waals surface area contributed by atoms with E-state index in [9.17, 15) is 14.4 Å². The highest BCUT2D eigenvalue weighted by Crippen LogP contribution is 2.32. The van der Waals surface area contributed by atoms with E-state index in [1.54, 1.807) is 31.2 Å². The Balaban J connectivity index is 1.75. The highest BCUT2D eigenvalue weighted by molar-refractivity contribution is 7.24. The summed E-state index contributed by atoms with van der Waals surface area (Å²) in [6.45, 7) is 5.17. The van der Waals surface area contributed by atoms with Crippen LogP contribution in [0.4, 0.5) is 0 Å². The van der Waals surface area contributed by atoms with Crippen molar-refractivity contribution in [3.63, 3.8) is 0 Å². The van der Waals surface area contributed by atoms with Crippen LogP contribution >= 0.6 is 11.3 Å². The van der Waals surface area contributed by atoms with Crippen molar-refractivity contribution in [2.45, 2.75) is 19.8 Å². The predicted octanol–water partition coefficient (Wildman–Crippen LogP) is 4.22. The standard InChI is InChI=1S/C21H18O5S/c1-13(2)21(24)25-12-6-11-18(22)26-16-9-5-8-15-19(23)14-7-3-4-10-17(14)27-20(15)16/h3-5,7-10H,1,6,11-12H2,2H3. The first kappa shape index (κ1) is 18.8. The summed E-state index contributed by atoms with van der Waals surface area (Å²) in [5.41, 5.74) is 0.236. The molecule has 138 valence electrons. The minimum Gasteiger partial charge on any atom is -0.462 e. The fourth-order valence-corrected chi connectivity index (χ4v) is 3.68. The Morgan fingerprint density at radius 2 is 1.81 bits per heavy atom. The number of esters is 2. The van der Waals surface area contributed by atoms with Crippen molar-refractivity contribution in [2.24, 2.45) is 0 Å². The molecule has 0 bridgehead atoms. The molecule has 0 atom stereocenters. The van der Waals surface area contributed by atoms with Crippen LogP contribution in [0.1, 0.15) is 19.8 Å². The average Bonchev–Trinajstić information content (AvgIpc) is 2.66. The molecule has 0 amide bonds. The quantitative estimate of drug-likeness (QED) is 0.210. The third-order valence-corrected chi connectivity index (χ3v) is 5.10. The average molecular weight is 382 g/mol. The van der Waals surface area contributed by atoms with Crippen LogP contribution in [0.2, 0.25) is 0 Å². The van der Waals surface area contributed by atoms with Gasteiger partial charge in [0.25, 0.3) is 0 Å². The Kier molecular flexibility index (Phi) is 5.66. The van der Waals surface area contributed by atoms with Crippen LogP contribution < -0.4 is 10.2 Å². The van der Waals surface area contributed by atoms with Crippen LogP contribution in [0.3, 0.4) is 0 Å². The van der Waals surface area contributed by atoms with Crippen molar-refractivity contribution in [3.05, 3.63) is 64.8 Å². The zero-order valence-corrected chi connectivity index (χ0v) is 15.6. The maximum Gasteiger partial charge on any atom is 0.333 e. The highest BCUT2D eigenvalue weighted by Gasteiger charge is 2.13. The Bertz CT molecular complexity index is 1100. The number of carbonyl (C=O) groups excluding carboxylic acids is 2. The molecule has 27 heavy (non-hydrogen) atoms. The second-order valence-electron chi connectivity index (χ2n) is 6.05. The molecule has 3 aromatic rings. The van der Waals surface area contributed by atoms with Gasteiger partial charge in [-0.3, -0.25) is 9.59 Å². The van der Waals surface area contributed by atoms with Gasteiger partial charge in [-0.15, -0.1) is 11.3 Å². The summed E-state index contributed by atoms with van der Waals surface area (Å²) in [4.78, 5) is 36.1. The van der Waals surface area contributed by atoms with E-state index in [0.717, 1.165) is 4.70 Å². The van der Waals surface area contributed by atoms with Crippen LogP contribution in [-0.4, -0.2) is 18.5 Å². The van der Waals surface area contributed by atoms with Gasteiger partial charge in [-0.05, 0) is 37.6 Å². The molecule has 5 nitrogen and oxygen atoms in total. The normalized spacial score (nSPS) is 10.7. The number of benzene rings is 2. The number of carbonyl (C=O) groups is 2. The molecule has 1 heterocycles. The third-order valence-electron chi connectivity index (χ3n) is 3.90. The smallest absolute Gasteiger partial charge is 0.333 e. The Morgan fingerprint density at radius 1 is 1.07 bits per heavy atom. The van der Waals surface area contributed by atoms with Crippen molar-refractivity contribution >= 4 is 43.4 Å². The van der Waals surface area contributed by atoms with E-state index in [2.05, 4.69) is 6.58 Å². The molecule has 0 N–H and O–H groups in total. The highest BCUT2D eigenvalue weighted by atomic mass is 32.1. The van der Waals surface area contributed by atoms with Crippen molar-refractivity contribution < 1.29 is 19.1 Å². The lowest BCUT2D eigenvalue weighted by Crippen LogP contribution is -2.12. The number of fused-ring (bicyclic) bond motifs is 2. The molecule has 2 aromatic carbocycles. The van der Waals surface area contributed by atoms with Crippen LogP contribution in [0.25, 0.3) is 20.2 Å². The largest absolute Gasteiger partial charge is 0.462 e. The first-order valence-corrected chi connectivity index (χ1v) is 9.27. The molecule has 0 aliphatic rings. The fraction of sp³-hybridized carbons (Fsp3) is 0.190. The maximum atomic E-state index is 12.7. The van der Waals surface area contributed by atoms with Crippen LogP contribution in [0.5, 0.6) is 5.75 Å². The van der Waals surface area contributed by atoms with E-state index in [-0.39, 0.29) is 18.5 Å². The summed E-state index contributed by atoms with van der Waals surface area (Å²) in [6.07, 6.45) is 0.449. The number of hydrogen-bond acceptors (Lipinski definition) is 6. The van der Waals surface area contributed by atoms with Crippen molar-refractivity contribution in [1.29, 1.82) is 0 Å². The van der Waals surface area contributed by atoms with Gasteiger partial charge in [0.2, 0.25) is 0 Å². The lowest BCUT2D eigenvalue weighted by atomic mass is 10.2. The number of ether oxygens (including phenoxy) is 2. The number of rotatable bonds is 6. The lowest BCUT2D eigenvalue weighted by molar-refractivity contribution is -0.141. The molecule has 0 saturated carbocycles. The second kappa shape index (κ2) is 8.14. The van der Waals surface area contributed by atoms with Gasteiger partial charge < -0.3 is 9.47 Å². The Hall–Kier alpha value is -2.99.